The lowest BCUT2D eigenvalue weighted by molar-refractivity contribution is -0.148. The van der Waals surface area contributed by atoms with Gasteiger partial charge >= 0.3 is 5.97 Å². The molecule has 0 aromatic carbocycles. The summed E-state index contributed by atoms with van der Waals surface area (Å²) in [5.41, 5.74) is 0. The molecule has 0 bridgehead atoms. The Morgan fingerprint density at radius 2 is 1.92 bits per heavy atom. The summed E-state index contributed by atoms with van der Waals surface area (Å²) in [5, 5.41) is 27.2. The van der Waals surface area contributed by atoms with Gasteiger partial charge in [0.25, 0.3) is 0 Å². The number of carboxylic acids is 1. The molecule has 4 heteroatoms. The van der Waals surface area contributed by atoms with Crippen molar-refractivity contribution in [1.82, 2.24) is 0 Å². The zero-order valence-electron chi connectivity index (χ0n) is 6.97. The number of aliphatic hydroxyl groups is 2. The highest BCUT2D eigenvalue weighted by Crippen LogP contribution is 2.29. The molecule has 0 spiro atoms. The number of hydrogen-bond donors (Lipinski definition) is 3. The van der Waals surface area contributed by atoms with Crippen LogP contribution < -0.4 is 0 Å². The van der Waals surface area contributed by atoms with Gasteiger partial charge in [-0.15, -0.1) is 0 Å². The first-order valence-corrected chi connectivity index (χ1v) is 4.11. The summed E-state index contributed by atoms with van der Waals surface area (Å²) in [6.07, 6.45) is -1.02. The summed E-state index contributed by atoms with van der Waals surface area (Å²) in [7, 11) is 0. The predicted molar refractivity (Wildman–Crippen MR) is 41.5 cm³/mol. The minimum absolute atomic E-state index is 0.130. The van der Waals surface area contributed by atoms with E-state index in [1.54, 1.807) is 6.92 Å². The highest BCUT2D eigenvalue weighted by Gasteiger charge is 2.36. The Morgan fingerprint density at radius 1 is 1.33 bits per heavy atom. The van der Waals surface area contributed by atoms with Gasteiger partial charge in [0, 0.05) is 0 Å². The molecule has 1 aliphatic rings. The van der Waals surface area contributed by atoms with Crippen LogP contribution in [0.5, 0.6) is 0 Å². The summed E-state index contributed by atoms with van der Waals surface area (Å²) in [6.45, 7) is 1.75. The van der Waals surface area contributed by atoms with E-state index in [0.29, 0.717) is 6.42 Å². The molecule has 1 rings (SSSR count). The molecule has 4 nitrogen and oxygen atoms in total. The predicted octanol–water partition coefficient (Wildman–Crippen LogP) is -0.161. The molecule has 0 unspecified atom stereocenters. The van der Waals surface area contributed by atoms with Crippen LogP contribution in [-0.2, 0) is 4.79 Å². The third kappa shape index (κ3) is 1.76. The maximum absolute atomic E-state index is 10.6. The molecule has 1 saturated carbocycles. The van der Waals surface area contributed by atoms with Crippen molar-refractivity contribution in [3.63, 3.8) is 0 Å². The van der Waals surface area contributed by atoms with Crippen molar-refractivity contribution in [2.75, 3.05) is 0 Å². The molecule has 4 atom stereocenters. The Kier molecular flexibility index (Phi) is 2.69. The van der Waals surface area contributed by atoms with Gasteiger partial charge in [0.15, 0.2) is 0 Å². The minimum atomic E-state index is -0.882. The van der Waals surface area contributed by atoms with Crippen molar-refractivity contribution in [3.05, 3.63) is 0 Å². The van der Waals surface area contributed by atoms with Crippen molar-refractivity contribution in [2.45, 2.75) is 32.0 Å². The van der Waals surface area contributed by atoms with Gasteiger partial charge in [-0.1, -0.05) is 6.92 Å². The lowest BCUT2D eigenvalue weighted by Gasteiger charge is -2.32. The molecule has 3 N–H and O–H groups in total. The average Bonchev–Trinajstić information content (AvgIpc) is 1.99. The SMILES string of the molecule is C[C@H]1C[C@@H](C(=O)O)C[C@@H](O)[C@@H]1O. The molecule has 0 aliphatic heterocycles. The van der Waals surface area contributed by atoms with Crippen molar-refractivity contribution in [3.8, 4) is 0 Å². The van der Waals surface area contributed by atoms with E-state index in [1.165, 1.54) is 0 Å². The van der Waals surface area contributed by atoms with E-state index in [0.717, 1.165) is 0 Å². The van der Waals surface area contributed by atoms with Gasteiger partial charge in [-0.2, -0.15) is 0 Å². The van der Waals surface area contributed by atoms with Gasteiger partial charge in [-0.25, -0.2) is 0 Å². The van der Waals surface area contributed by atoms with Gasteiger partial charge < -0.3 is 15.3 Å². The molecule has 1 aliphatic carbocycles. The fourth-order valence-electron chi connectivity index (χ4n) is 1.70. The molecular formula is C8H14O4. The Hall–Kier alpha value is -0.610. The zero-order valence-corrected chi connectivity index (χ0v) is 6.97. The Labute approximate surface area is 70.8 Å². The van der Waals surface area contributed by atoms with E-state index >= 15 is 0 Å². The van der Waals surface area contributed by atoms with Crippen LogP contribution in [0.2, 0.25) is 0 Å². The standard InChI is InChI=1S/C8H14O4/c1-4-2-5(8(11)12)3-6(9)7(4)10/h4-7,9-10H,2-3H2,1H3,(H,11,12)/t4-,5+,6+,7+/m0/s1. The second-order valence-corrected chi connectivity index (χ2v) is 3.54. The summed E-state index contributed by atoms with van der Waals surface area (Å²) in [6, 6.07) is 0. The number of aliphatic carboxylic acids is 1. The third-order valence-electron chi connectivity index (χ3n) is 2.51. The molecule has 70 valence electrons. The molecule has 0 radical (unpaired) electrons. The van der Waals surface area contributed by atoms with E-state index in [4.69, 9.17) is 5.11 Å². The normalized spacial score (nSPS) is 42.6. The van der Waals surface area contributed by atoms with E-state index in [2.05, 4.69) is 0 Å². The fourth-order valence-corrected chi connectivity index (χ4v) is 1.70. The van der Waals surface area contributed by atoms with E-state index < -0.39 is 24.1 Å². The summed E-state index contributed by atoms with van der Waals surface area (Å²) < 4.78 is 0. The van der Waals surface area contributed by atoms with Crippen LogP contribution in [0.25, 0.3) is 0 Å². The lowest BCUT2D eigenvalue weighted by Crippen LogP contribution is -2.41. The molecule has 12 heavy (non-hydrogen) atoms. The second-order valence-electron chi connectivity index (χ2n) is 3.54. The van der Waals surface area contributed by atoms with Crippen LogP contribution in [-0.4, -0.2) is 33.5 Å². The molecule has 0 aromatic heterocycles. The van der Waals surface area contributed by atoms with Crippen molar-refractivity contribution < 1.29 is 20.1 Å². The van der Waals surface area contributed by atoms with Crippen LogP contribution in [0.4, 0.5) is 0 Å². The smallest absolute Gasteiger partial charge is 0.306 e. The average molecular weight is 174 g/mol. The maximum Gasteiger partial charge on any atom is 0.306 e. The number of aliphatic hydroxyl groups excluding tert-OH is 2. The molecular weight excluding hydrogens is 160 g/mol. The Bertz CT molecular complexity index is 168. The first-order valence-electron chi connectivity index (χ1n) is 4.11. The van der Waals surface area contributed by atoms with Gasteiger partial charge in [0.1, 0.15) is 0 Å². The van der Waals surface area contributed by atoms with Crippen LogP contribution in [0.15, 0.2) is 0 Å². The van der Waals surface area contributed by atoms with Crippen molar-refractivity contribution in [2.24, 2.45) is 11.8 Å². The van der Waals surface area contributed by atoms with Crippen LogP contribution in [0, 0.1) is 11.8 Å². The van der Waals surface area contributed by atoms with Gasteiger partial charge in [-0.05, 0) is 18.8 Å². The van der Waals surface area contributed by atoms with Crippen LogP contribution in [0.3, 0.4) is 0 Å². The van der Waals surface area contributed by atoms with Crippen molar-refractivity contribution >= 4 is 5.97 Å². The highest BCUT2D eigenvalue weighted by molar-refractivity contribution is 5.70. The van der Waals surface area contributed by atoms with Crippen LogP contribution >= 0.6 is 0 Å². The quantitative estimate of drug-likeness (QED) is 0.516. The first-order chi connectivity index (χ1) is 5.52. The molecule has 0 amide bonds. The molecule has 1 fully saturated rings. The molecule has 0 heterocycles. The number of carboxylic acid groups (broad SMARTS) is 1. The monoisotopic (exact) mass is 174 g/mol. The van der Waals surface area contributed by atoms with Gasteiger partial charge in [0.05, 0.1) is 18.1 Å². The highest BCUT2D eigenvalue weighted by atomic mass is 16.4. The van der Waals surface area contributed by atoms with E-state index in [-0.39, 0.29) is 12.3 Å². The van der Waals surface area contributed by atoms with Gasteiger partial charge in [0.2, 0.25) is 0 Å². The minimum Gasteiger partial charge on any atom is -0.481 e. The van der Waals surface area contributed by atoms with E-state index in [1.807, 2.05) is 0 Å². The second kappa shape index (κ2) is 3.41. The third-order valence-corrected chi connectivity index (χ3v) is 2.51. The Balaban J connectivity index is 2.59. The summed E-state index contributed by atoms with van der Waals surface area (Å²) in [4.78, 5) is 10.6. The Morgan fingerprint density at radius 3 is 2.33 bits per heavy atom. The zero-order chi connectivity index (χ0) is 9.30. The topological polar surface area (TPSA) is 77.8 Å². The summed E-state index contributed by atoms with van der Waals surface area (Å²) >= 11 is 0. The van der Waals surface area contributed by atoms with Gasteiger partial charge in [-0.3, -0.25) is 4.79 Å². The number of rotatable bonds is 1. The number of hydrogen-bond acceptors (Lipinski definition) is 3. The molecule has 0 aromatic rings. The van der Waals surface area contributed by atoms with Crippen molar-refractivity contribution in [1.29, 1.82) is 0 Å². The first kappa shape index (κ1) is 9.48. The number of carbonyl (C=O) groups is 1. The molecule has 0 saturated heterocycles. The lowest BCUT2D eigenvalue weighted by atomic mass is 9.79. The maximum atomic E-state index is 10.6. The summed E-state index contributed by atoms with van der Waals surface area (Å²) in [5.74, 6) is -1.51. The van der Waals surface area contributed by atoms with Crippen LogP contribution in [0.1, 0.15) is 19.8 Å². The van der Waals surface area contributed by atoms with E-state index in [9.17, 15) is 15.0 Å². The largest absolute Gasteiger partial charge is 0.481 e. The fraction of sp³-hybridized carbons (Fsp3) is 0.875.